The number of carbonyl (C=O) groups is 1. The normalized spacial score (nSPS) is 16.1. The van der Waals surface area contributed by atoms with E-state index in [-0.39, 0.29) is 18.0 Å². The zero-order valence-corrected chi connectivity index (χ0v) is 10.9. The minimum Gasteiger partial charge on any atom is -0.461 e. The van der Waals surface area contributed by atoms with Crippen molar-refractivity contribution in [2.45, 2.75) is 45.8 Å². The SMILES string of the molecule is Cc1ccccc1[C@H](C)[C@@H](C)OC(=O)[C@H](C)N. The molecule has 3 nitrogen and oxygen atoms in total. The maximum absolute atomic E-state index is 11.4. The van der Waals surface area contributed by atoms with Gasteiger partial charge in [0, 0.05) is 5.92 Å². The molecule has 0 saturated carbocycles. The van der Waals surface area contributed by atoms with Crippen LogP contribution in [0.1, 0.15) is 37.8 Å². The van der Waals surface area contributed by atoms with Crippen LogP contribution in [0, 0.1) is 6.92 Å². The number of carbonyl (C=O) groups excluding carboxylic acids is 1. The number of rotatable bonds is 4. The summed E-state index contributed by atoms with van der Waals surface area (Å²) in [5.74, 6) is -0.183. The molecule has 1 aromatic rings. The average molecular weight is 235 g/mol. The Morgan fingerprint density at radius 1 is 1.24 bits per heavy atom. The van der Waals surface area contributed by atoms with Crippen molar-refractivity contribution in [3.05, 3.63) is 35.4 Å². The Kier molecular flexibility index (Phi) is 4.70. The number of nitrogens with two attached hydrogens (primary N) is 1. The van der Waals surface area contributed by atoms with Gasteiger partial charge in [0.2, 0.25) is 0 Å². The van der Waals surface area contributed by atoms with Crippen molar-refractivity contribution >= 4 is 5.97 Å². The van der Waals surface area contributed by atoms with Crippen molar-refractivity contribution in [2.24, 2.45) is 5.73 Å². The van der Waals surface area contributed by atoms with Crippen LogP contribution in [-0.4, -0.2) is 18.1 Å². The molecule has 0 heterocycles. The smallest absolute Gasteiger partial charge is 0.322 e. The van der Waals surface area contributed by atoms with Gasteiger partial charge in [0.1, 0.15) is 12.1 Å². The molecule has 0 bridgehead atoms. The maximum Gasteiger partial charge on any atom is 0.322 e. The van der Waals surface area contributed by atoms with Crippen molar-refractivity contribution in [2.75, 3.05) is 0 Å². The lowest BCUT2D eigenvalue weighted by Gasteiger charge is -2.23. The summed E-state index contributed by atoms with van der Waals surface area (Å²) in [7, 11) is 0. The van der Waals surface area contributed by atoms with E-state index in [2.05, 4.69) is 26.0 Å². The highest BCUT2D eigenvalue weighted by atomic mass is 16.5. The highest BCUT2D eigenvalue weighted by Gasteiger charge is 2.21. The molecule has 0 radical (unpaired) electrons. The fourth-order valence-electron chi connectivity index (χ4n) is 1.74. The molecule has 0 aliphatic carbocycles. The minimum atomic E-state index is -0.568. The molecule has 1 aromatic carbocycles. The molecule has 0 saturated heterocycles. The number of ether oxygens (including phenoxy) is 1. The van der Waals surface area contributed by atoms with Gasteiger partial charge in [-0.25, -0.2) is 0 Å². The summed E-state index contributed by atoms with van der Waals surface area (Å²) in [6.45, 7) is 7.65. The number of hydrogen-bond acceptors (Lipinski definition) is 3. The summed E-state index contributed by atoms with van der Waals surface area (Å²) in [6.07, 6.45) is -0.172. The second-order valence-electron chi connectivity index (χ2n) is 4.58. The molecule has 0 aliphatic heterocycles. The van der Waals surface area contributed by atoms with E-state index in [0.717, 1.165) is 0 Å². The maximum atomic E-state index is 11.4. The van der Waals surface area contributed by atoms with E-state index < -0.39 is 6.04 Å². The summed E-state index contributed by atoms with van der Waals surface area (Å²) >= 11 is 0. The molecule has 94 valence electrons. The molecule has 3 heteroatoms. The van der Waals surface area contributed by atoms with E-state index in [1.807, 2.05) is 19.1 Å². The van der Waals surface area contributed by atoms with E-state index in [9.17, 15) is 4.79 Å². The van der Waals surface area contributed by atoms with Gasteiger partial charge >= 0.3 is 5.97 Å². The zero-order valence-electron chi connectivity index (χ0n) is 10.9. The lowest BCUT2D eigenvalue weighted by Crippen LogP contribution is -2.33. The third-order valence-electron chi connectivity index (χ3n) is 3.06. The Labute approximate surface area is 103 Å². The first-order valence-corrected chi connectivity index (χ1v) is 5.95. The summed E-state index contributed by atoms with van der Waals surface area (Å²) in [4.78, 5) is 11.4. The minimum absolute atomic E-state index is 0.166. The van der Waals surface area contributed by atoms with Crippen molar-refractivity contribution in [3.8, 4) is 0 Å². The van der Waals surface area contributed by atoms with Crippen LogP contribution in [0.2, 0.25) is 0 Å². The highest BCUT2D eigenvalue weighted by Crippen LogP contribution is 2.24. The molecule has 1 rings (SSSR count). The molecule has 17 heavy (non-hydrogen) atoms. The third-order valence-corrected chi connectivity index (χ3v) is 3.06. The van der Waals surface area contributed by atoms with Crippen LogP contribution in [-0.2, 0) is 9.53 Å². The Morgan fingerprint density at radius 2 is 1.82 bits per heavy atom. The summed E-state index contributed by atoms with van der Waals surface area (Å²) in [5.41, 5.74) is 7.90. The fraction of sp³-hybridized carbons (Fsp3) is 0.500. The standard InChI is InChI=1S/C14H21NO2/c1-9-7-5-6-8-13(9)10(2)12(4)17-14(16)11(3)15/h5-8,10-12H,15H2,1-4H3/t10-,11+,12-/m1/s1. The molecule has 2 N–H and O–H groups in total. The third kappa shape index (κ3) is 3.56. The Bertz CT molecular complexity index is 388. The topological polar surface area (TPSA) is 52.3 Å². The number of esters is 1. The average Bonchev–Trinajstić information content (AvgIpc) is 2.28. The predicted molar refractivity (Wildman–Crippen MR) is 68.8 cm³/mol. The van der Waals surface area contributed by atoms with E-state index in [1.165, 1.54) is 11.1 Å². The molecule has 0 unspecified atom stereocenters. The first-order valence-electron chi connectivity index (χ1n) is 5.95. The molecule has 0 amide bonds. The molecule has 0 aliphatic rings. The second-order valence-corrected chi connectivity index (χ2v) is 4.58. The van der Waals surface area contributed by atoms with Gasteiger partial charge in [-0.05, 0) is 31.9 Å². The van der Waals surface area contributed by atoms with Gasteiger partial charge in [0.25, 0.3) is 0 Å². The van der Waals surface area contributed by atoms with E-state index in [0.29, 0.717) is 0 Å². The molecular formula is C14H21NO2. The molecule has 3 atom stereocenters. The Morgan fingerprint density at radius 3 is 2.35 bits per heavy atom. The van der Waals surface area contributed by atoms with Gasteiger partial charge < -0.3 is 10.5 Å². The zero-order chi connectivity index (χ0) is 13.0. The Hall–Kier alpha value is -1.35. The van der Waals surface area contributed by atoms with Gasteiger partial charge in [-0.1, -0.05) is 31.2 Å². The van der Waals surface area contributed by atoms with Gasteiger partial charge in [-0.15, -0.1) is 0 Å². The van der Waals surface area contributed by atoms with Crippen molar-refractivity contribution in [3.63, 3.8) is 0 Å². The van der Waals surface area contributed by atoms with Crippen molar-refractivity contribution < 1.29 is 9.53 Å². The number of hydrogen-bond donors (Lipinski definition) is 1. The predicted octanol–water partition coefficient (Wildman–Crippen LogP) is 2.38. The van der Waals surface area contributed by atoms with Gasteiger partial charge in [0.05, 0.1) is 0 Å². The summed E-state index contributed by atoms with van der Waals surface area (Å²) in [5, 5.41) is 0. The van der Waals surface area contributed by atoms with Crippen LogP contribution < -0.4 is 5.73 Å². The first kappa shape index (κ1) is 13.7. The number of aryl methyl sites for hydroxylation is 1. The molecular weight excluding hydrogens is 214 g/mol. The molecule has 0 spiro atoms. The fourth-order valence-corrected chi connectivity index (χ4v) is 1.74. The lowest BCUT2D eigenvalue weighted by molar-refractivity contribution is -0.150. The van der Waals surface area contributed by atoms with Crippen LogP contribution in [0.3, 0.4) is 0 Å². The summed E-state index contributed by atoms with van der Waals surface area (Å²) < 4.78 is 5.32. The van der Waals surface area contributed by atoms with Gasteiger partial charge in [-0.2, -0.15) is 0 Å². The van der Waals surface area contributed by atoms with Gasteiger partial charge in [-0.3, -0.25) is 4.79 Å². The van der Waals surface area contributed by atoms with E-state index >= 15 is 0 Å². The molecule has 0 aromatic heterocycles. The van der Waals surface area contributed by atoms with Crippen LogP contribution in [0.5, 0.6) is 0 Å². The van der Waals surface area contributed by atoms with Gasteiger partial charge in [0.15, 0.2) is 0 Å². The van der Waals surface area contributed by atoms with E-state index in [1.54, 1.807) is 6.92 Å². The van der Waals surface area contributed by atoms with Crippen molar-refractivity contribution in [1.29, 1.82) is 0 Å². The Balaban J connectivity index is 2.73. The lowest BCUT2D eigenvalue weighted by atomic mass is 9.92. The van der Waals surface area contributed by atoms with Crippen LogP contribution in [0.4, 0.5) is 0 Å². The van der Waals surface area contributed by atoms with Crippen LogP contribution in [0.15, 0.2) is 24.3 Å². The molecule has 0 fully saturated rings. The quantitative estimate of drug-likeness (QED) is 0.815. The highest BCUT2D eigenvalue weighted by molar-refractivity contribution is 5.75. The first-order chi connectivity index (χ1) is 7.93. The van der Waals surface area contributed by atoms with Crippen LogP contribution in [0.25, 0.3) is 0 Å². The second kappa shape index (κ2) is 5.82. The largest absolute Gasteiger partial charge is 0.461 e. The number of benzene rings is 1. The van der Waals surface area contributed by atoms with E-state index in [4.69, 9.17) is 10.5 Å². The van der Waals surface area contributed by atoms with Crippen molar-refractivity contribution in [1.82, 2.24) is 0 Å². The van der Waals surface area contributed by atoms with Crippen LogP contribution >= 0.6 is 0 Å². The monoisotopic (exact) mass is 235 g/mol. The summed E-state index contributed by atoms with van der Waals surface area (Å²) in [6, 6.07) is 7.56.